The minimum atomic E-state index is -4.77. The van der Waals surface area contributed by atoms with Gasteiger partial charge in [-0.25, -0.2) is 9.50 Å². The van der Waals surface area contributed by atoms with Crippen LogP contribution >= 0.6 is 11.3 Å². The molecule has 0 aliphatic heterocycles. The van der Waals surface area contributed by atoms with Gasteiger partial charge < -0.3 is 14.8 Å². The summed E-state index contributed by atoms with van der Waals surface area (Å²) in [6, 6.07) is 7.65. The van der Waals surface area contributed by atoms with Gasteiger partial charge in [-0.05, 0) is 55.0 Å². The van der Waals surface area contributed by atoms with Crippen LogP contribution in [-0.2, 0) is 19.0 Å². The molecule has 1 amide bonds. The monoisotopic (exact) mass is 541 g/mol. The molecule has 0 radical (unpaired) electrons. The standard InChI is InChI=1S/C26H22F3N5O3S/c1-13-4-6-15-16(11-30)25(38-21(15)8-13)33-24(35)17-12-31-34-22(26(27,28)29)10-18(32-23(17)34)14-5-7-19(36-2)20(9-14)37-3/h5,7,9-10,12-13H,4,6,8H2,1-3H3,(H,33,35)/t13-/m0/s1. The molecule has 0 spiro atoms. The minimum absolute atomic E-state index is 0.0291. The first kappa shape index (κ1) is 25.5. The van der Waals surface area contributed by atoms with E-state index in [-0.39, 0.29) is 16.9 Å². The number of benzene rings is 1. The maximum atomic E-state index is 14.0. The van der Waals surface area contributed by atoms with Gasteiger partial charge in [0.05, 0.1) is 31.7 Å². The maximum absolute atomic E-state index is 14.0. The Balaban J connectivity index is 1.60. The third-order valence-corrected chi connectivity index (χ3v) is 7.71. The number of methoxy groups -OCH3 is 2. The van der Waals surface area contributed by atoms with E-state index in [4.69, 9.17) is 9.47 Å². The first-order valence-corrected chi connectivity index (χ1v) is 12.5. The molecule has 0 saturated carbocycles. The lowest BCUT2D eigenvalue weighted by Gasteiger charge is -2.17. The van der Waals surface area contributed by atoms with E-state index < -0.39 is 17.8 Å². The Hall–Kier alpha value is -4.11. The van der Waals surface area contributed by atoms with Crippen LogP contribution in [0.15, 0.2) is 30.5 Å². The largest absolute Gasteiger partial charge is 0.493 e. The number of thiophene rings is 1. The second kappa shape index (κ2) is 9.64. The third kappa shape index (κ3) is 4.43. The van der Waals surface area contributed by atoms with Crippen LogP contribution in [0.3, 0.4) is 0 Å². The first-order chi connectivity index (χ1) is 18.1. The van der Waals surface area contributed by atoms with Crippen LogP contribution in [0.25, 0.3) is 16.9 Å². The fraction of sp³-hybridized carbons (Fsp3) is 0.308. The number of aromatic nitrogens is 3. The predicted molar refractivity (Wildman–Crippen MR) is 135 cm³/mol. The van der Waals surface area contributed by atoms with E-state index in [1.165, 1.54) is 31.6 Å². The summed E-state index contributed by atoms with van der Waals surface area (Å²) in [5.74, 6) is 0.481. The average Bonchev–Trinajstić information content (AvgIpc) is 3.47. The molecule has 1 atom stereocenters. The van der Waals surface area contributed by atoms with Gasteiger partial charge >= 0.3 is 6.18 Å². The number of carbonyl (C=O) groups is 1. The van der Waals surface area contributed by atoms with Crippen molar-refractivity contribution in [3.05, 3.63) is 57.7 Å². The molecule has 8 nitrogen and oxygen atoms in total. The van der Waals surface area contributed by atoms with Crippen molar-refractivity contribution in [1.29, 1.82) is 5.26 Å². The summed E-state index contributed by atoms with van der Waals surface area (Å²) < 4.78 is 53.2. The summed E-state index contributed by atoms with van der Waals surface area (Å²) in [4.78, 5) is 18.7. The number of nitrogens with one attached hydrogen (secondary N) is 1. The second-order valence-electron chi connectivity index (χ2n) is 9.01. The van der Waals surface area contributed by atoms with Crippen molar-refractivity contribution in [1.82, 2.24) is 14.6 Å². The first-order valence-electron chi connectivity index (χ1n) is 11.7. The molecule has 4 aromatic rings. The van der Waals surface area contributed by atoms with E-state index in [1.807, 2.05) is 0 Å². The number of fused-ring (bicyclic) bond motifs is 2. The van der Waals surface area contributed by atoms with Crippen molar-refractivity contribution in [2.75, 3.05) is 19.5 Å². The molecule has 3 heterocycles. The highest BCUT2D eigenvalue weighted by molar-refractivity contribution is 7.16. The molecule has 1 N–H and O–H groups in total. The topological polar surface area (TPSA) is 102 Å². The van der Waals surface area contributed by atoms with Gasteiger partial charge in [0.25, 0.3) is 5.91 Å². The Morgan fingerprint density at radius 1 is 1.24 bits per heavy atom. The molecule has 196 valence electrons. The number of carbonyl (C=O) groups excluding carboxylic acids is 1. The molecule has 1 aliphatic carbocycles. The van der Waals surface area contributed by atoms with Crippen LogP contribution in [0.5, 0.6) is 11.5 Å². The van der Waals surface area contributed by atoms with Crippen molar-refractivity contribution >= 4 is 27.9 Å². The number of alkyl halides is 3. The smallest absolute Gasteiger partial charge is 0.433 e. The van der Waals surface area contributed by atoms with Crippen molar-refractivity contribution in [3.8, 4) is 28.8 Å². The molecule has 3 aromatic heterocycles. The van der Waals surface area contributed by atoms with Gasteiger partial charge in [0.2, 0.25) is 0 Å². The summed E-state index contributed by atoms with van der Waals surface area (Å²) in [6.45, 7) is 2.13. The molecule has 1 aromatic carbocycles. The predicted octanol–water partition coefficient (Wildman–Crippen LogP) is 5.74. The van der Waals surface area contributed by atoms with Gasteiger partial charge in [-0.1, -0.05) is 6.92 Å². The summed E-state index contributed by atoms with van der Waals surface area (Å²) in [6.07, 6.45) is -1.22. The number of anilines is 1. The lowest BCUT2D eigenvalue weighted by Crippen LogP contribution is -2.16. The van der Waals surface area contributed by atoms with Crippen molar-refractivity contribution in [2.45, 2.75) is 32.4 Å². The van der Waals surface area contributed by atoms with E-state index in [0.29, 0.717) is 38.1 Å². The third-order valence-electron chi connectivity index (χ3n) is 6.54. The van der Waals surface area contributed by atoms with Crippen LogP contribution in [0.4, 0.5) is 18.2 Å². The molecule has 0 saturated heterocycles. The van der Waals surface area contributed by atoms with Crippen molar-refractivity contribution in [3.63, 3.8) is 0 Å². The zero-order valence-corrected chi connectivity index (χ0v) is 21.5. The zero-order chi connectivity index (χ0) is 27.2. The van der Waals surface area contributed by atoms with Crippen LogP contribution in [0.2, 0.25) is 0 Å². The number of ether oxygens (including phenoxy) is 2. The SMILES string of the molecule is COc1ccc(-c2cc(C(F)(F)F)n3ncc(C(=O)Nc4sc5c(c4C#N)CC[C@H](C)C5)c3n2)cc1OC. The van der Waals surface area contributed by atoms with E-state index >= 15 is 0 Å². The molecule has 5 rings (SSSR count). The van der Waals surface area contributed by atoms with E-state index in [9.17, 15) is 23.2 Å². The van der Waals surface area contributed by atoms with Gasteiger partial charge in [-0.2, -0.15) is 23.5 Å². The normalized spacial score (nSPS) is 15.1. The number of nitriles is 1. The van der Waals surface area contributed by atoms with Crippen LogP contribution in [-0.4, -0.2) is 34.7 Å². The average molecular weight is 542 g/mol. The summed E-state index contributed by atoms with van der Waals surface area (Å²) in [7, 11) is 2.86. The minimum Gasteiger partial charge on any atom is -0.493 e. The quantitative estimate of drug-likeness (QED) is 0.346. The van der Waals surface area contributed by atoms with Crippen LogP contribution in [0, 0.1) is 17.2 Å². The molecule has 1 aliphatic rings. The Labute approximate surface area is 219 Å². The molecule has 38 heavy (non-hydrogen) atoms. The summed E-state index contributed by atoms with van der Waals surface area (Å²) >= 11 is 1.33. The van der Waals surface area contributed by atoms with E-state index in [0.717, 1.165) is 42.0 Å². The molecular weight excluding hydrogens is 519 g/mol. The zero-order valence-electron chi connectivity index (χ0n) is 20.6. The van der Waals surface area contributed by atoms with Crippen LogP contribution in [0.1, 0.15) is 45.4 Å². The summed E-state index contributed by atoms with van der Waals surface area (Å²) in [5, 5.41) is 16.7. The number of halogens is 3. The fourth-order valence-electron chi connectivity index (χ4n) is 4.60. The molecule has 0 fully saturated rings. The Morgan fingerprint density at radius 3 is 2.68 bits per heavy atom. The van der Waals surface area contributed by atoms with Gasteiger partial charge in [-0.15, -0.1) is 11.3 Å². The Morgan fingerprint density at radius 2 is 2.00 bits per heavy atom. The Kier molecular flexibility index (Phi) is 6.48. The van der Waals surface area contributed by atoms with Gasteiger partial charge in [0.1, 0.15) is 16.6 Å². The summed E-state index contributed by atoms with van der Waals surface area (Å²) in [5.41, 5.74) is 0.117. The highest BCUT2D eigenvalue weighted by atomic mass is 32.1. The highest BCUT2D eigenvalue weighted by Gasteiger charge is 2.36. The maximum Gasteiger partial charge on any atom is 0.433 e. The van der Waals surface area contributed by atoms with Crippen molar-refractivity contribution in [2.24, 2.45) is 5.92 Å². The second-order valence-corrected chi connectivity index (χ2v) is 10.1. The number of amides is 1. The van der Waals surface area contributed by atoms with E-state index in [2.05, 4.69) is 28.4 Å². The lowest BCUT2D eigenvalue weighted by atomic mass is 9.88. The number of hydrogen-bond donors (Lipinski definition) is 1. The van der Waals surface area contributed by atoms with Crippen LogP contribution < -0.4 is 14.8 Å². The molecule has 0 unspecified atom stereocenters. The van der Waals surface area contributed by atoms with Gasteiger partial charge in [-0.3, -0.25) is 4.79 Å². The number of nitrogens with zero attached hydrogens (tertiary/aromatic N) is 4. The van der Waals surface area contributed by atoms with Gasteiger partial charge in [0, 0.05) is 10.4 Å². The highest BCUT2D eigenvalue weighted by Crippen LogP contribution is 2.40. The van der Waals surface area contributed by atoms with E-state index in [1.54, 1.807) is 12.1 Å². The number of rotatable bonds is 5. The Bertz CT molecular complexity index is 1600. The molecule has 12 heteroatoms. The molecule has 0 bridgehead atoms. The molecular formula is C26H22F3N5O3S. The van der Waals surface area contributed by atoms with Gasteiger partial charge in [0.15, 0.2) is 22.8 Å². The van der Waals surface area contributed by atoms with Crippen molar-refractivity contribution < 1.29 is 27.4 Å². The lowest BCUT2D eigenvalue weighted by molar-refractivity contribution is -0.142. The number of hydrogen-bond acceptors (Lipinski definition) is 7. The fourth-order valence-corrected chi connectivity index (χ4v) is 5.95.